The summed E-state index contributed by atoms with van der Waals surface area (Å²) in [5, 5.41) is 9.07. The first-order valence-electron chi connectivity index (χ1n) is 4.92. The minimum absolute atomic E-state index is 0.0606. The molecule has 1 atom stereocenters. The molecule has 0 aliphatic carbocycles. The summed E-state index contributed by atoms with van der Waals surface area (Å²) in [5.74, 6) is -0.0606. The van der Waals surface area contributed by atoms with Gasteiger partial charge in [-0.1, -0.05) is 37.8 Å². The monoisotopic (exact) mass is 189 g/mol. The van der Waals surface area contributed by atoms with Gasteiger partial charge in [-0.25, -0.2) is 0 Å². The number of benzene rings is 1. The molecule has 1 aromatic rings. The largest absolute Gasteiger partial charge is 0.396 e. The molecule has 75 valence electrons. The number of aliphatic hydroxyl groups excluding tert-OH is 1. The van der Waals surface area contributed by atoms with Gasteiger partial charge in [0.25, 0.3) is 0 Å². The fourth-order valence-corrected chi connectivity index (χ4v) is 1.64. The fourth-order valence-electron chi connectivity index (χ4n) is 1.64. The molecule has 1 N–H and O–H groups in total. The summed E-state index contributed by atoms with van der Waals surface area (Å²) in [5.41, 5.74) is 3.48. The Morgan fingerprint density at radius 2 is 2.21 bits per heavy atom. The molecule has 0 saturated heterocycles. The Morgan fingerprint density at radius 1 is 1.50 bits per heavy atom. The molecule has 1 aromatic carbocycles. The van der Waals surface area contributed by atoms with Crippen LogP contribution in [0.15, 0.2) is 24.8 Å². The predicted octanol–water partition coefficient (Wildman–Crippen LogP) is 2.80. The lowest BCUT2D eigenvalue weighted by Gasteiger charge is -2.14. The van der Waals surface area contributed by atoms with Crippen LogP contribution < -0.4 is 0 Å². The minimum Gasteiger partial charge on any atom is -0.396 e. The number of hydrogen-bond donors (Lipinski definition) is 1. The first-order valence-corrected chi connectivity index (χ1v) is 4.92. The van der Waals surface area contributed by atoms with E-state index in [0.29, 0.717) is 0 Å². The van der Waals surface area contributed by atoms with E-state index in [1.165, 1.54) is 5.56 Å². The Bertz CT molecular complexity index is 315. The maximum absolute atomic E-state index is 9.07. The Balaban J connectivity index is 3.21. The van der Waals surface area contributed by atoms with E-state index in [9.17, 15) is 0 Å². The highest BCUT2D eigenvalue weighted by atomic mass is 16.3. The quantitative estimate of drug-likeness (QED) is 0.772. The molecule has 0 aromatic heterocycles. The summed E-state index contributed by atoms with van der Waals surface area (Å²) in [6.07, 6.45) is 2.83. The van der Waals surface area contributed by atoms with E-state index in [1.54, 1.807) is 0 Å². The van der Waals surface area contributed by atoms with Crippen molar-refractivity contribution in [2.45, 2.75) is 19.3 Å². The maximum Gasteiger partial charge on any atom is 0.0499 e. The number of aliphatic hydroxyl groups is 1. The van der Waals surface area contributed by atoms with Gasteiger partial charge < -0.3 is 5.11 Å². The first-order chi connectivity index (χ1) is 6.74. The van der Waals surface area contributed by atoms with Crippen molar-refractivity contribution in [3.05, 3.63) is 48.4 Å². The standard InChI is InChI=1S/C13H17O/c1-4-11-7-6-8-13(10(3)9-14)12(11)5-2/h5-8,10,14H,2-4,9H2,1H3. The molecule has 1 unspecified atom stereocenters. The average Bonchev–Trinajstić information content (AvgIpc) is 2.26. The third kappa shape index (κ3) is 2.05. The van der Waals surface area contributed by atoms with Crippen LogP contribution in [0.1, 0.15) is 29.5 Å². The number of aryl methyl sites for hydroxylation is 1. The van der Waals surface area contributed by atoms with E-state index >= 15 is 0 Å². The van der Waals surface area contributed by atoms with Crippen LogP contribution >= 0.6 is 0 Å². The first kappa shape index (κ1) is 11.0. The van der Waals surface area contributed by atoms with E-state index in [-0.39, 0.29) is 12.5 Å². The lowest BCUT2D eigenvalue weighted by atomic mass is 9.92. The molecule has 0 saturated carbocycles. The predicted molar refractivity (Wildman–Crippen MR) is 61.1 cm³/mol. The summed E-state index contributed by atoms with van der Waals surface area (Å²) in [6.45, 7) is 9.91. The average molecular weight is 189 g/mol. The molecule has 0 amide bonds. The SMILES string of the molecule is [CH2]C(CO)c1cccc(CC)c1C=C. The summed E-state index contributed by atoms with van der Waals surface area (Å²) >= 11 is 0. The van der Waals surface area contributed by atoms with E-state index < -0.39 is 0 Å². The minimum atomic E-state index is -0.0606. The van der Waals surface area contributed by atoms with Crippen LogP contribution in [-0.4, -0.2) is 11.7 Å². The molecule has 14 heavy (non-hydrogen) atoms. The Kier molecular flexibility index (Phi) is 3.90. The topological polar surface area (TPSA) is 20.2 Å². The van der Waals surface area contributed by atoms with E-state index in [4.69, 9.17) is 5.11 Å². The molecule has 0 spiro atoms. The second-order valence-electron chi connectivity index (χ2n) is 3.36. The van der Waals surface area contributed by atoms with Crippen molar-refractivity contribution < 1.29 is 5.11 Å². The second kappa shape index (κ2) is 4.97. The van der Waals surface area contributed by atoms with Gasteiger partial charge in [0.05, 0.1) is 0 Å². The second-order valence-corrected chi connectivity index (χ2v) is 3.36. The molecule has 0 aliphatic heterocycles. The van der Waals surface area contributed by atoms with Crippen LogP contribution in [0.3, 0.4) is 0 Å². The Hall–Kier alpha value is -1.08. The van der Waals surface area contributed by atoms with Gasteiger partial charge in [-0.15, -0.1) is 0 Å². The zero-order chi connectivity index (χ0) is 10.6. The van der Waals surface area contributed by atoms with Crippen LogP contribution in [0.2, 0.25) is 0 Å². The van der Waals surface area contributed by atoms with Crippen molar-refractivity contribution in [1.82, 2.24) is 0 Å². The van der Waals surface area contributed by atoms with Crippen molar-refractivity contribution in [1.29, 1.82) is 0 Å². The molecular weight excluding hydrogens is 172 g/mol. The molecule has 0 bridgehead atoms. The van der Waals surface area contributed by atoms with Gasteiger partial charge in [-0.05, 0) is 30.0 Å². The van der Waals surface area contributed by atoms with Crippen LogP contribution in [0.5, 0.6) is 0 Å². The molecule has 1 radical (unpaired) electrons. The Labute approximate surface area is 86.1 Å². The third-order valence-corrected chi connectivity index (χ3v) is 2.48. The lowest BCUT2D eigenvalue weighted by Crippen LogP contribution is -2.03. The van der Waals surface area contributed by atoms with Crippen LogP contribution in [0.4, 0.5) is 0 Å². The number of hydrogen-bond acceptors (Lipinski definition) is 1. The molecule has 1 heteroatoms. The zero-order valence-electron chi connectivity index (χ0n) is 8.66. The zero-order valence-corrected chi connectivity index (χ0v) is 8.66. The third-order valence-electron chi connectivity index (χ3n) is 2.48. The summed E-state index contributed by atoms with van der Waals surface area (Å²) < 4.78 is 0. The van der Waals surface area contributed by atoms with Gasteiger partial charge in [-0.3, -0.25) is 0 Å². The van der Waals surface area contributed by atoms with Gasteiger partial charge in [0.15, 0.2) is 0 Å². The van der Waals surface area contributed by atoms with Crippen LogP contribution in [-0.2, 0) is 6.42 Å². The van der Waals surface area contributed by atoms with Gasteiger partial charge >= 0.3 is 0 Å². The summed E-state index contributed by atoms with van der Waals surface area (Å²) in [7, 11) is 0. The van der Waals surface area contributed by atoms with Crippen molar-refractivity contribution in [3.8, 4) is 0 Å². The van der Waals surface area contributed by atoms with Gasteiger partial charge in [0.2, 0.25) is 0 Å². The summed E-state index contributed by atoms with van der Waals surface area (Å²) in [4.78, 5) is 0. The Morgan fingerprint density at radius 3 is 2.71 bits per heavy atom. The lowest BCUT2D eigenvalue weighted by molar-refractivity contribution is 0.282. The van der Waals surface area contributed by atoms with E-state index in [1.807, 2.05) is 18.2 Å². The van der Waals surface area contributed by atoms with E-state index in [0.717, 1.165) is 17.5 Å². The van der Waals surface area contributed by atoms with Crippen LogP contribution in [0.25, 0.3) is 6.08 Å². The smallest absolute Gasteiger partial charge is 0.0499 e. The fraction of sp³-hybridized carbons (Fsp3) is 0.308. The van der Waals surface area contributed by atoms with Crippen LogP contribution in [0, 0.1) is 6.92 Å². The van der Waals surface area contributed by atoms with Gasteiger partial charge in [-0.2, -0.15) is 0 Å². The van der Waals surface area contributed by atoms with Crippen molar-refractivity contribution >= 4 is 6.08 Å². The molecule has 0 heterocycles. The van der Waals surface area contributed by atoms with Crippen molar-refractivity contribution in [2.24, 2.45) is 0 Å². The number of rotatable bonds is 4. The van der Waals surface area contributed by atoms with Crippen molar-refractivity contribution in [3.63, 3.8) is 0 Å². The normalized spacial score (nSPS) is 12.5. The van der Waals surface area contributed by atoms with Crippen molar-refractivity contribution in [2.75, 3.05) is 6.61 Å². The van der Waals surface area contributed by atoms with Gasteiger partial charge in [0.1, 0.15) is 0 Å². The molecular formula is C13H17O. The van der Waals surface area contributed by atoms with Gasteiger partial charge in [0, 0.05) is 12.5 Å². The molecule has 0 aliphatic rings. The summed E-state index contributed by atoms with van der Waals surface area (Å²) in [6, 6.07) is 6.10. The molecule has 0 fully saturated rings. The highest BCUT2D eigenvalue weighted by molar-refractivity contribution is 5.57. The highest BCUT2D eigenvalue weighted by Crippen LogP contribution is 2.23. The molecule has 1 rings (SSSR count). The maximum atomic E-state index is 9.07. The molecule has 1 nitrogen and oxygen atoms in total. The highest BCUT2D eigenvalue weighted by Gasteiger charge is 2.09. The van der Waals surface area contributed by atoms with E-state index in [2.05, 4.69) is 26.5 Å².